The van der Waals surface area contributed by atoms with Crippen LogP contribution in [0.4, 0.5) is 0 Å². The molecule has 3 rings (SSSR count). The third kappa shape index (κ3) is 5.44. The van der Waals surface area contributed by atoms with Crippen LogP contribution in [0.1, 0.15) is 35.8 Å². The van der Waals surface area contributed by atoms with Crippen LogP contribution in [-0.4, -0.2) is 39.6 Å². The SMILES string of the molecule is COc1cc([C@H](CC(=O)NCCCn2cccn2)c2oc(C)cc(=O)c2O)ccc1O. The molecule has 0 saturated heterocycles. The summed E-state index contributed by atoms with van der Waals surface area (Å²) in [4.78, 5) is 24.7. The predicted octanol–water partition coefficient (Wildman–Crippen LogP) is 2.29. The summed E-state index contributed by atoms with van der Waals surface area (Å²) in [5.41, 5.74) is -0.0421. The summed E-state index contributed by atoms with van der Waals surface area (Å²) < 4.78 is 12.6. The van der Waals surface area contributed by atoms with Crippen molar-refractivity contribution < 1.29 is 24.2 Å². The zero-order chi connectivity index (χ0) is 22.4. The van der Waals surface area contributed by atoms with Crippen LogP contribution >= 0.6 is 0 Å². The van der Waals surface area contributed by atoms with Gasteiger partial charge in [-0.1, -0.05) is 6.07 Å². The highest BCUT2D eigenvalue weighted by molar-refractivity contribution is 5.77. The van der Waals surface area contributed by atoms with Gasteiger partial charge in [-0.3, -0.25) is 14.3 Å². The van der Waals surface area contributed by atoms with Crippen molar-refractivity contribution in [2.75, 3.05) is 13.7 Å². The summed E-state index contributed by atoms with van der Waals surface area (Å²) >= 11 is 0. The zero-order valence-electron chi connectivity index (χ0n) is 17.4. The Morgan fingerprint density at radius 1 is 1.32 bits per heavy atom. The molecular weight excluding hydrogens is 402 g/mol. The number of phenolic OH excluding ortho intramolecular Hbond substituents is 1. The molecule has 0 radical (unpaired) electrons. The standard InChI is InChI=1S/C22H25N3O6/c1-14-11-18(27)21(29)22(31-14)16(15-5-6-17(26)19(12-15)30-2)13-20(28)23-7-3-9-25-10-4-8-24-25/h4-6,8,10-12,16,26,29H,3,7,9,13H2,1-2H3,(H,23,28)/t16-/m0/s1. The Kier molecular flexibility index (Phi) is 6.96. The van der Waals surface area contributed by atoms with E-state index in [1.165, 1.54) is 19.2 Å². The second kappa shape index (κ2) is 9.84. The fourth-order valence-electron chi connectivity index (χ4n) is 3.29. The molecule has 0 bridgehead atoms. The molecule has 3 N–H and O–H groups in total. The Morgan fingerprint density at radius 2 is 2.13 bits per heavy atom. The molecule has 1 atom stereocenters. The van der Waals surface area contributed by atoms with E-state index in [1.54, 1.807) is 29.9 Å². The summed E-state index contributed by atoms with van der Waals surface area (Å²) in [6, 6.07) is 7.58. The molecule has 31 heavy (non-hydrogen) atoms. The van der Waals surface area contributed by atoms with E-state index in [1.807, 2.05) is 12.3 Å². The average Bonchev–Trinajstić information content (AvgIpc) is 3.26. The van der Waals surface area contributed by atoms with Gasteiger partial charge in [0.05, 0.1) is 13.0 Å². The minimum absolute atomic E-state index is 0.00978. The number of carbonyl (C=O) groups is 1. The Balaban J connectivity index is 1.81. The minimum atomic E-state index is -0.756. The molecule has 1 amide bonds. The number of aromatic nitrogens is 2. The number of methoxy groups -OCH3 is 1. The molecule has 3 aromatic rings. The predicted molar refractivity (Wildman–Crippen MR) is 112 cm³/mol. The smallest absolute Gasteiger partial charge is 0.227 e. The van der Waals surface area contributed by atoms with Crippen molar-refractivity contribution in [2.24, 2.45) is 0 Å². The first-order valence-electron chi connectivity index (χ1n) is 9.83. The third-order valence-corrected chi connectivity index (χ3v) is 4.83. The summed E-state index contributed by atoms with van der Waals surface area (Å²) in [5.74, 6) is -1.14. The molecule has 0 unspecified atom stereocenters. The second-order valence-electron chi connectivity index (χ2n) is 7.09. The van der Waals surface area contributed by atoms with Gasteiger partial charge in [0.25, 0.3) is 0 Å². The number of nitrogens with zero attached hydrogens (tertiary/aromatic N) is 2. The molecule has 164 valence electrons. The highest BCUT2D eigenvalue weighted by atomic mass is 16.5. The number of hydrogen-bond acceptors (Lipinski definition) is 7. The highest BCUT2D eigenvalue weighted by Crippen LogP contribution is 2.37. The van der Waals surface area contributed by atoms with E-state index in [4.69, 9.17) is 9.15 Å². The number of amides is 1. The normalized spacial score (nSPS) is 11.8. The maximum atomic E-state index is 12.6. The van der Waals surface area contributed by atoms with Gasteiger partial charge in [0.15, 0.2) is 17.3 Å². The van der Waals surface area contributed by atoms with Crippen LogP contribution in [0.2, 0.25) is 0 Å². The lowest BCUT2D eigenvalue weighted by Gasteiger charge is -2.19. The lowest BCUT2D eigenvalue weighted by Crippen LogP contribution is -2.27. The van der Waals surface area contributed by atoms with E-state index in [-0.39, 0.29) is 29.6 Å². The number of carbonyl (C=O) groups excluding carboxylic acids is 1. The molecule has 0 aliphatic heterocycles. The van der Waals surface area contributed by atoms with Gasteiger partial charge in [0, 0.05) is 38.0 Å². The molecule has 0 saturated carbocycles. The van der Waals surface area contributed by atoms with Crippen molar-refractivity contribution in [2.45, 2.75) is 32.2 Å². The number of aromatic hydroxyl groups is 2. The van der Waals surface area contributed by atoms with E-state index in [0.717, 1.165) is 0 Å². The first-order valence-corrected chi connectivity index (χ1v) is 9.83. The van der Waals surface area contributed by atoms with Crippen molar-refractivity contribution in [3.63, 3.8) is 0 Å². The van der Waals surface area contributed by atoms with Crippen molar-refractivity contribution >= 4 is 5.91 Å². The number of rotatable bonds is 9. The summed E-state index contributed by atoms with van der Waals surface area (Å²) in [7, 11) is 1.41. The lowest BCUT2D eigenvalue weighted by molar-refractivity contribution is -0.121. The number of benzene rings is 1. The van der Waals surface area contributed by atoms with Crippen molar-refractivity contribution in [3.8, 4) is 17.2 Å². The van der Waals surface area contributed by atoms with Crippen LogP contribution in [0.15, 0.2) is 51.9 Å². The summed E-state index contributed by atoms with van der Waals surface area (Å²) in [6.45, 7) is 2.70. The van der Waals surface area contributed by atoms with Crippen LogP contribution in [0.5, 0.6) is 17.2 Å². The van der Waals surface area contributed by atoms with E-state index >= 15 is 0 Å². The summed E-state index contributed by atoms with van der Waals surface area (Å²) in [5, 5.41) is 27.2. The van der Waals surface area contributed by atoms with E-state index in [9.17, 15) is 19.8 Å². The quantitative estimate of drug-likeness (QED) is 0.447. The topological polar surface area (TPSA) is 127 Å². The number of hydrogen-bond donors (Lipinski definition) is 3. The number of ether oxygens (including phenoxy) is 1. The molecule has 9 heteroatoms. The van der Waals surface area contributed by atoms with E-state index < -0.39 is 17.1 Å². The van der Waals surface area contributed by atoms with Gasteiger partial charge in [-0.25, -0.2) is 0 Å². The fourth-order valence-corrected chi connectivity index (χ4v) is 3.29. The van der Waals surface area contributed by atoms with Crippen molar-refractivity contribution in [1.82, 2.24) is 15.1 Å². The van der Waals surface area contributed by atoms with E-state index in [2.05, 4.69) is 10.4 Å². The molecule has 0 aliphatic rings. The highest BCUT2D eigenvalue weighted by Gasteiger charge is 2.26. The molecule has 2 aromatic heterocycles. The molecule has 9 nitrogen and oxygen atoms in total. The summed E-state index contributed by atoms with van der Waals surface area (Å²) in [6.07, 6.45) is 4.15. The number of phenols is 1. The van der Waals surface area contributed by atoms with Crippen molar-refractivity contribution in [3.05, 3.63) is 70.0 Å². The van der Waals surface area contributed by atoms with Gasteiger partial charge < -0.3 is 24.7 Å². The Morgan fingerprint density at radius 3 is 2.84 bits per heavy atom. The van der Waals surface area contributed by atoms with Crippen LogP contribution in [0.3, 0.4) is 0 Å². The molecule has 0 spiro atoms. The lowest BCUT2D eigenvalue weighted by atomic mass is 9.91. The maximum absolute atomic E-state index is 12.6. The molecule has 0 aliphatic carbocycles. The first-order chi connectivity index (χ1) is 14.9. The Bertz CT molecular complexity index is 1090. The molecule has 0 fully saturated rings. The fraction of sp³-hybridized carbons (Fsp3) is 0.318. The number of nitrogens with one attached hydrogen (secondary N) is 1. The van der Waals surface area contributed by atoms with Gasteiger partial charge in [-0.15, -0.1) is 0 Å². The average molecular weight is 427 g/mol. The molecular formula is C22H25N3O6. The first kappa shape index (κ1) is 21.9. The third-order valence-electron chi connectivity index (χ3n) is 4.83. The van der Waals surface area contributed by atoms with Crippen LogP contribution < -0.4 is 15.5 Å². The largest absolute Gasteiger partial charge is 0.504 e. The van der Waals surface area contributed by atoms with Crippen LogP contribution in [0, 0.1) is 6.92 Å². The van der Waals surface area contributed by atoms with Gasteiger partial charge in [-0.2, -0.15) is 5.10 Å². The van der Waals surface area contributed by atoms with Crippen molar-refractivity contribution in [1.29, 1.82) is 0 Å². The van der Waals surface area contributed by atoms with Gasteiger partial charge in [0.1, 0.15) is 5.76 Å². The maximum Gasteiger partial charge on any atom is 0.227 e. The zero-order valence-corrected chi connectivity index (χ0v) is 17.4. The van der Waals surface area contributed by atoms with Gasteiger partial charge >= 0.3 is 0 Å². The van der Waals surface area contributed by atoms with Crippen LogP contribution in [-0.2, 0) is 11.3 Å². The Labute approximate surface area is 178 Å². The second-order valence-corrected chi connectivity index (χ2v) is 7.09. The van der Waals surface area contributed by atoms with Crippen LogP contribution in [0.25, 0.3) is 0 Å². The minimum Gasteiger partial charge on any atom is -0.504 e. The molecule has 2 heterocycles. The Hall–Kier alpha value is -3.75. The monoisotopic (exact) mass is 427 g/mol. The molecule has 1 aromatic carbocycles. The van der Waals surface area contributed by atoms with E-state index in [0.29, 0.717) is 30.8 Å². The van der Waals surface area contributed by atoms with Gasteiger partial charge in [-0.05, 0) is 37.1 Å². The van der Waals surface area contributed by atoms with Gasteiger partial charge in [0.2, 0.25) is 17.1 Å². The number of aryl methyl sites for hydroxylation is 2.